The summed E-state index contributed by atoms with van der Waals surface area (Å²) in [5, 5.41) is 4.85. The van der Waals surface area contributed by atoms with Crippen molar-refractivity contribution in [3.05, 3.63) is 71.2 Å². The molecule has 0 saturated carbocycles. The highest BCUT2D eigenvalue weighted by molar-refractivity contribution is 5.92. The summed E-state index contributed by atoms with van der Waals surface area (Å²) in [5.41, 5.74) is 4.47. The average molecular weight is 476 g/mol. The van der Waals surface area contributed by atoms with E-state index in [1.807, 2.05) is 48.4 Å². The van der Waals surface area contributed by atoms with Gasteiger partial charge in [0.25, 0.3) is 5.91 Å². The molecule has 0 radical (unpaired) electrons. The Morgan fingerprint density at radius 3 is 2.80 bits per heavy atom. The number of H-pyrrole nitrogens is 1. The second-order valence-electron chi connectivity index (χ2n) is 8.54. The molecule has 2 aromatic carbocycles. The van der Waals surface area contributed by atoms with Crippen molar-refractivity contribution in [2.24, 2.45) is 0 Å². The minimum absolute atomic E-state index is 0.156. The number of aryl methyl sites for hydroxylation is 1. The number of amides is 1. The van der Waals surface area contributed by atoms with E-state index in [-0.39, 0.29) is 17.7 Å². The van der Waals surface area contributed by atoms with Crippen LogP contribution < -0.4 is 14.2 Å². The molecule has 0 bridgehead atoms. The Hall–Kier alpha value is -3.94. The van der Waals surface area contributed by atoms with Crippen LogP contribution in [0.3, 0.4) is 0 Å². The van der Waals surface area contributed by atoms with Crippen LogP contribution in [-0.2, 0) is 12.8 Å². The number of carbonyl (C=O) groups excluding carboxylic acids is 1. The molecule has 1 N–H and O–H groups in total. The summed E-state index contributed by atoms with van der Waals surface area (Å²) in [7, 11) is 3.32. The lowest BCUT2D eigenvalue weighted by Gasteiger charge is -2.37. The number of aromatic amines is 1. The van der Waals surface area contributed by atoms with Gasteiger partial charge in [-0.2, -0.15) is 0 Å². The average Bonchev–Trinajstić information content (AvgIpc) is 3.56. The smallest absolute Gasteiger partial charge is 0.292 e. The van der Waals surface area contributed by atoms with E-state index in [1.165, 1.54) is 11.8 Å². The monoisotopic (exact) mass is 475 g/mol. The summed E-state index contributed by atoms with van der Waals surface area (Å²) < 4.78 is 22.1. The van der Waals surface area contributed by atoms with Crippen LogP contribution in [0.1, 0.15) is 46.6 Å². The maximum absolute atomic E-state index is 13.4. The summed E-state index contributed by atoms with van der Waals surface area (Å²) in [6.07, 6.45) is 5.76. The van der Waals surface area contributed by atoms with Crippen LogP contribution in [0.25, 0.3) is 10.9 Å². The highest BCUT2D eigenvalue weighted by Crippen LogP contribution is 2.41. The van der Waals surface area contributed by atoms with E-state index >= 15 is 0 Å². The zero-order valence-electron chi connectivity index (χ0n) is 20.2. The van der Waals surface area contributed by atoms with Gasteiger partial charge in [0.2, 0.25) is 5.76 Å². The summed E-state index contributed by atoms with van der Waals surface area (Å²) in [5.74, 6) is 2.30. The third-order valence-corrected chi connectivity index (χ3v) is 6.65. The number of carbonyl (C=O) groups is 1. The summed E-state index contributed by atoms with van der Waals surface area (Å²) >= 11 is 0. The Morgan fingerprint density at radius 1 is 1.17 bits per heavy atom. The van der Waals surface area contributed by atoms with Crippen LogP contribution in [-0.4, -0.2) is 48.3 Å². The lowest BCUT2D eigenvalue weighted by Crippen LogP contribution is -2.40. The number of benzene rings is 2. The van der Waals surface area contributed by atoms with Gasteiger partial charge in [0, 0.05) is 29.7 Å². The van der Waals surface area contributed by atoms with Gasteiger partial charge in [0.15, 0.2) is 11.5 Å². The number of fused-ring (bicyclic) bond motifs is 2. The fraction of sp³-hybridized carbons (Fsp3) is 0.333. The van der Waals surface area contributed by atoms with Crippen molar-refractivity contribution in [1.29, 1.82) is 0 Å². The van der Waals surface area contributed by atoms with Crippen LogP contribution in [0.15, 0.2) is 53.3 Å². The molecule has 5 rings (SSSR count). The molecule has 0 spiro atoms. The normalized spacial score (nSPS) is 15.2. The Morgan fingerprint density at radius 2 is 2.06 bits per heavy atom. The molecule has 1 unspecified atom stereocenters. The molecule has 1 aliphatic rings. The number of rotatable bonds is 8. The predicted octanol–water partition coefficient (Wildman–Crippen LogP) is 4.94. The Balaban J connectivity index is 1.52. The highest BCUT2D eigenvalue weighted by atomic mass is 16.5. The number of ether oxygens (including phenoxy) is 3. The van der Waals surface area contributed by atoms with E-state index < -0.39 is 0 Å². The zero-order valence-corrected chi connectivity index (χ0v) is 20.2. The van der Waals surface area contributed by atoms with Gasteiger partial charge in [-0.3, -0.25) is 4.79 Å². The van der Waals surface area contributed by atoms with E-state index in [4.69, 9.17) is 18.7 Å². The Labute approximate surface area is 203 Å². The van der Waals surface area contributed by atoms with E-state index in [0.29, 0.717) is 24.7 Å². The largest absolute Gasteiger partial charge is 0.497 e. The molecule has 8 nitrogen and oxygen atoms in total. The van der Waals surface area contributed by atoms with E-state index in [9.17, 15) is 4.79 Å². The third-order valence-electron chi connectivity index (χ3n) is 6.65. The van der Waals surface area contributed by atoms with E-state index in [2.05, 4.69) is 10.1 Å². The van der Waals surface area contributed by atoms with Crippen molar-refractivity contribution in [3.8, 4) is 17.2 Å². The maximum Gasteiger partial charge on any atom is 0.292 e. The standard InChI is InChI=1S/C27H29N3O5/c1-4-34-26-15-21-17(13-25(26)33-3)10-12-30(27(31)24-9-11-29-35-24)23(21)8-5-18-16-28-22-7-6-19(32-2)14-20(18)22/h6-7,9,11,13-16,23,28H,4-5,8,10,12H2,1-3H3. The second kappa shape index (κ2) is 9.74. The molecular formula is C27H29N3O5. The molecule has 2 aromatic heterocycles. The van der Waals surface area contributed by atoms with Crippen molar-refractivity contribution in [1.82, 2.24) is 15.0 Å². The van der Waals surface area contributed by atoms with Crippen LogP contribution in [0.4, 0.5) is 0 Å². The van der Waals surface area contributed by atoms with E-state index in [1.54, 1.807) is 20.3 Å². The van der Waals surface area contributed by atoms with Gasteiger partial charge >= 0.3 is 0 Å². The fourth-order valence-electron chi connectivity index (χ4n) is 4.94. The molecule has 3 heterocycles. The minimum atomic E-state index is -0.160. The number of hydrogen-bond donors (Lipinski definition) is 1. The van der Waals surface area contributed by atoms with Crippen LogP contribution >= 0.6 is 0 Å². The van der Waals surface area contributed by atoms with Gasteiger partial charge in [-0.25, -0.2) is 0 Å². The van der Waals surface area contributed by atoms with Gasteiger partial charge in [0.1, 0.15) is 5.75 Å². The summed E-state index contributed by atoms with van der Waals surface area (Å²) in [6.45, 7) is 3.05. The van der Waals surface area contributed by atoms with Crippen molar-refractivity contribution >= 4 is 16.8 Å². The molecule has 0 fully saturated rings. The lowest BCUT2D eigenvalue weighted by molar-refractivity contribution is 0.0607. The van der Waals surface area contributed by atoms with Crippen molar-refractivity contribution in [2.75, 3.05) is 27.4 Å². The molecule has 0 aliphatic carbocycles. The first-order valence-corrected chi connectivity index (χ1v) is 11.8. The number of nitrogens with one attached hydrogen (secondary N) is 1. The van der Waals surface area contributed by atoms with E-state index in [0.717, 1.165) is 47.0 Å². The molecule has 1 amide bonds. The van der Waals surface area contributed by atoms with Crippen molar-refractivity contribution in [2.45, 2.75) is 32.2 Å². The summed E-state index contributed by atoms with van der Waals surface area (Å²) in [4.78, 5) is 18.6. The Kier molecular flexibility index (Phi) is 6.35. The molecular weight excluding hydrogens is 446 g/mol. The first kappa shape index (κ1) is 22.8. The number of aromatic nitrogens is 2. The van der Waals surface area contributed by atoms with Crippen molar-refractivity contribution in [3.63, 3.8) is 0 Å². The third kappa shape index (κ3) is 4.32. The lowest BCUT2D eigenvalue weighted by atomic mass is 9.88. The van der Waals surface area contributed by atoms with Gasteiger partial charge in [-0.1, -0.05) is 5.16 Å². The van der Waals surface area contributed by atoms with Gasteiger partial charge < -0.3 is 28.6 Å². The number of methoxy groups -OCH3 is 2. The molecule has 1 aliphatic heterocycles. The van der Waals surface area contributed by atoms with Crippen LogP contribution in [0.2, 0.25) is 0 Å². The number of nitrogens with zero attached hydrogens (tertiary/aromatic N) is 2. The highest BCUT2D eigenvalue weighted by Gasteiger charge is 2.34. The first-order valence-electron chi connectivity index (χ1n) is 11.8. The minimum Gasteiger partial charge on any atom is -0.497 e. The molecule has 4 aromatic rings. The van der Waals surface area contributed by atoms with Gasteiger partial charge in [0.05, 0.1) is 33.1 Å². The predicted molar refractivity (Wildman–Crippen MR) is 131 cm³/mol. The quantitative estimate of drug-likeness (QED) is 0.388. The van der Waals surface area contributed by atoms with Gasteiger partial charge in [-0.05, 0) is 73.2 Å². The molecule has 8 heteroatoms. The van der Waals surface area contributed by atoms with Crippen molar-refractivity contribution < 1.29 is 23.5 Å². The fourth-order valence-corrected chi connectivity index (χ4v) is 4.94. The molecule has 182 valence electrons. The molecule has 0 saturated heterocycles. The molecule has 1 atom stereocenters. The maximum atomic E-state index is 13.4. The first-order chi connectivity index (χ1) is 17.1. The second-order valence-corrected chi connectivity index (χ2v) is 8.54. The van der Waals surface area contributed by atoms with Crippen LogP contribution in [0.5, 0.6) is 17.2 Å². The zero-order chi connectivity index (χ0) is 24.4. The number of hydrogen-bond acceptors (Lipinski definition) is 6. The summed E-state index contributed by atoms with van der Waals surface area (Å²) in [6, 6.07) is 11.5. The molecule has 35 heavy (non-hydrogen) atoms. The van der Waals surface area contributed by atoms with Crippen LogP contribution in [0, 0.1) is 0 Å². The topological polar surface area (TPSA) is 89.8 Å². The SMILES string of the molecule is CCOc1cc2c(cc1OC)CCN(C(=O)c1ccno1)C2CCc1c[nH]c2ccc(OC)cc12. The Bertz CT molecular complexity index is 1330. The van der Waals surface area contributed by atoms with Gasteiger partial charge in [-0.15, -0.1) is 0 Å².